The maximum absolute atomic E-state index is 13.4. The van der Waals surface area contributed by atoms with Crippen LogP contribution in [0.1, 0.15) is 34.8 Å². The standard InChI is InChI=1S/C25H25F3N2/c26-25(27,28)23-14-7-13-22(17-23)24-29(18-20-9-3-1-4-10-20)15-8-16-30(24)19-21-11-5-2-6-12-21/h1-7,9-14,17,24H,8,15-16,18-19H2. The molecule has 0 N–H and O–H groups in total. The third-order valence-electron chi connectivity index (χ3n) is 5.55. The maximum Gasteiger partial charge on any atom is 0.416 e. The summed E-state index contributed by atoms with van der Waals surface area (Å²) in [6.45, 7) is 3.10. The van der Waals surface area contributed by atoms with Gasteiger partial charge in [0.15, 0.2) is 0 Å². The normalized spacial score (nSPS) is 16.6. The highest BCUT2D eigenvalue weighted by Crippen LogP contribution is 2.36. The predicted molar refractivity (Wildman–Crippen MR) is 113 cm³/mol. The minimum Gasteiger partial charge on any atom is -0.280 e. The fourth-order valence-corrected chi connectivity index (χ4v) is 4.22. The van der Waals surface area contributed by atoms with Crippen LogP contribution in [0.25, 0.3) is 0 Å². The Morgan fingerprint density at radius 2 is 1.23 bits per heavy atom. The van der Waals surface area contributed by atoms with E-state index >= 15 is 0 Å². The van der Waals surface area contributed by atoms with Crippen LogP contribution in [0.2, 0.25) is 0 Å². The fourth-order valence-electron chi connectivity index (χ4n) is 4.22. The summed E-state index contributed by atoms with van der Waals surface area (Å²) in [5, 5.41) is 0. The van der Waals surface area contributed by atoms with Gasteiger partial charge in [0.2, 0.25) is 0 Å². The predicted octanol–water partition coefficient (Wildman–Crippen LogP) is 6.11. The van der Waals surface area contributed by atoms with Gasteiger partial charge in [0.05, 0.1) is 11.7 Å². The second-order valence-electron chi connectivity index (χ2n) is 7.76. The van der Waals surface area contributed by atoms with Crippen molar-refractivity contribution in [3.63, 3.8) is 0 Å². The molecule has 0 unspecified atom stereocenters. The molecule has 0 saturated carbocycles. The second-order valence-corrected chi connectivity index (χ2v) is 7.76. The van der Waals surface area contributed by atoms with E-state index in [1.807, 2.05) is 42.5 Å². The Bertz CT molecular complexity index is 892. The van der Waals surface area contributed by atoms with Crippen LogP contribution < -0.4 is 0 Å². The highest BCUT2D eigenvalue weighted by atomic mass is 19.4. The number of hydrogen-bond donors (Lipinski definition) is 0. The molecule has 0 spiro atoms. The van der Waals surface area contributed by atoms with Gasteiger partial charge in [-0.15, -0.1) is 0 Å². The van der Waals surface area contributed by atoms with Gasteiger partial charge >= 0.3 is 6.18 Å². The molecular formula is C25H25F3N2. The minimum absolute atomic E-state index is 0.207. The average Bonchev–Trinajstić information content (AvgIpc) is 2.75. The Morgan fingerprint density at radius 3 is 1.73 bits per heavy atom. The van der Waals surface area contributed by atoms with Gasteiger partial charge in [-0.05, 0) is 35.2 Å². The molecule has 1 fully saturated rings. The monoisotopic (exact) mass is 410 g/mol. The second kappa shape index (κ2) is 9.02. The first-order valence-electron chi connectivity index (χ1n) is 10.2. The summed E-state index contributed by atoms with van der Waals surface area (Å²) in [5.41, 5.74) is 2.42. The smallest absolute Gasteiger partial charge is 0.280 e. The molecule has 156 valence electrons. The molecule has 0 atom stereocenters. The van der Waals surface area contributed by atoms with Crippen LogP contribution in [-0.2, 0) is 19.3 Å². The van der Waals surface area contributed by atoms with Gasteiger partial charge in [0.25, 0.3) is 0 Å². The Morgan fingerprint density at radius 1 is 0.700 bits per heavy atom. The lowest BCUT2D eigenvalue weighted by Crippen LogP contribution is -2.46. The maximum atomic E-state index is 13.4. The summed E-state index contributed by atoms with van der Waals surface area (Å²) in [4.78, 5) is 4.58. The SMILES string of the molecule is FC(F)(F)c1cccc(C2N(Cc3ccccc3)CCCN2Cc2ccccc2)c1. The first-order valence-corrected chi connectivity index (χ1v) is 10.2. The van der Waals surface area contributed by atoms with E-state index in [4.69, 9.17) is 0 Å². The van der Waals surface area contributed by atoms with E-state index in [2.05, 4.69) is 34.1 Å². The molecule has 1 saturated heterocycles. The molecule has 4 rings (SSSR count). The highest BCUT2D eigenvalue weighted by molar-refractivity contribution is 5.29. The van der Waals surface area contributed by atoms with Crippen molar-refractivity contribution in [1.29, 1.82) is 0 Å². The zero-order valence-corrected chi connectivity index (χ0v) is 16.7. The molecular weight excluding hydrogens is 385 g/mol. The van der Waals surface area contributed by atoms with Crippen molar-refractivity contribution >= 4 is 0 Å². The third kappa shape index (κ3) is 4.91. The van der Waals surface area contributed by atoms with Gasteiger partial charge < -0.3 is 0 Å². The van der Waals surface area contributed by atoms with Crippen LogP contribution in [0.4, 0.5) is 13.2 Å². The molecule has 3 aromatic carbocycles. The first-order chi connectivity index (χ1) is 14.5. The molecule has 1 aliphatic heterocycles. The van der Waals surface area contributed by atoms with Crippen LogP contribution in [0.15, 0.2) is 84.9 Å². The van der Waals surface area contributed by atoms with E-state index in [9.17, 15) is 13.2 Å². The number of hydrogen-bond acceptors (Lipinski definition) is 2. The lowest BCUT2D eigenvalue weighted by molar-refractivity contribution is -0.137. The summed E-state index contributed by atoms with van der Waals surface area (Å²) in [6.07, 6.45) is -3.57. The van der Waals surface area contributed by atoms with Gasteiger partial charge in [-0.3, -0.25) is 9.80 Å². The summed E-state index contributed by atoms with van der Waals surface area (Å²) in [7, 11) is 0. The van der Waals surface area contributed by atoms with Crippen molar-refractivity contribution in [2.75, 3.05) is 13.1 Å². The van der Waals surface area contributed by atoms with Crippen molar-refractivity contribution in [1.82, 2.24) is 9.80 Å². The summed E-state index contributed by atoms with van der Waals surface area (Å²) >= 11 is 0. The molecule has 0 radical (unpaired) electrons. The molecule has 5 heteroatoms. The van der Waals surface area contributed by atoms with E-state index in [-0.39, 0.29) is 6.17 Å². The molecule has 2 nitrogen and oxygen atoms in total. The van der Waals surface area contributed by atoms with Crippen molar-refractivity contribution in [3.05, 3.63) is 107 Å². The molecule has 0 aliphatic carbocycles. The van der Waals surface area contributed by atoms with E-state index in [1.165, 1.54) is 12.1 Å². The average molecular weight is 410 g/mol. The molecule has 1 aliphatic rings. The zero-order valence-electron chi connectivity index (χ0n) is 16.7. The number of nitrogens with zero attached hydrogens (tertiary/aromatic N) is 2. The summed E-state index contributed by atoms with van der Waals surface area (Å²) < 4.78 is 40.2. The molecule has 0 bridgehead atoms. The van der Waals surface area contributed by atoms with E-state index in [0.29, 0.717) is 18.7 Å². The van der Waals surface area contributed by atoms with Crippen molar-refractivity contribution in [2.45, 2.75) is 31.9 Å². The Kier molecular flexibility index (Phi) is 6.21. The Balaban J connectivity index is 1.69. The number of rotatable bonds is 5. The topological polar surface area (TPSA) is 6.48 Å². The number of alkyl halides is 3. The Labute approximate surface area is 175 Å². The summed E-state index contributed by atoms with van der Waals surface area (Å²) in [6, 6.07) is 26.0. The van der Waals surface area contributed by atoms with Gasteiger partial charge in [-0.2, -0.15) is 13.2 Å². The number of halogens is 3. The van der Waals surface area contributed by atoms with Crippen molar-refractivity contribution in [3.8, 4) is 0 Å². The molecule has 1 heterocycles. The lowest BCUT2D eigenvalue weighted by atomic mass is 10.0. The molecule has 3 aromatic rings. The molecule has 0 aromatic heterocycles. The number of benzene rings is 3. The summed E-state index contributed by atoms with van der Waals surface area (Å²) in [5.74, 6) is 0. The van der Waals surface area contributed by atoms with E-state index in [1.54, 1.807) is 0 Å². The van der Waals surface area contributed by atoms with Crippen LogP contribution in [0.5, 0.6) is 0 Å². The highest BCUT2D eigenvalue weighted by Gasteiger charge is 2.34. The fraction of sp³-hybridized carbons (Fsp3) is 0.280. The first kappa shape index (κ1) is 20.6. The minimum atomic E-state index is -4.35. The lowest BCUT2D eigenvalue weighted by Gasteiger charge is -2.44. The van der Waals surface area contributed by atoms with Gasteiger partial charge in [0.1, 0.15) is 0 Å². The largest absolute Gasteiger partial charge is 0.416 e. The third-order valence-corrected chi connectivity index (χ3v) is 5.55. The van der Waals surface area contributed by atoms with Gasteiger partial charge in [-0.25, -0.2) is 0 Å². The van der Waals surface area contributed by atoms with Crippen molar-refractivity contribution in [2.24, 2.45) is 0 Å². The van der Waals surface area contributed by atoms with Crippen LogP contribution in [-0.4, -0.2) is 22.9 Å². The molecule has 0 amide bonds. The van der Waals surface area contributed by atoms with Crippen LogP contribution in [0, 0.1) is 0 Å². The Hall–Kier alpha value is -2.63. The van der Waals surface area contributed by atoms with E-state index in [0.717, 1.165) is 36.7 Å². The zero-order chi connectivity index (χ0) is 21.0. The van der Waals surface area contributed by atoms with E-state index < -0.39 is 11.7 Å². The van der Waals surface area contributed by atoms with Crippen LogP contribution >= 0.6 is 0 Å². The van der Waals surface area contributed by atoms with Crippen molar-refractivity contribution < 1.29 is 13.2 Å². The van der Waals surface area contributed by atoms with Crippen LogP contribution in [0.3, 0.4) is 0 Å². The van der Waals surface area contributed by atoms with Gasteiger partial charge in [-0.1, -0.05) is 72.8 Å². The quantitative estimate of drug-likeness (QED) is 0.501. The molecule has 30 heavy (non-hydrogen) atoms. The van der Waals surface area contributed by atoms with Gasteiger partial charge in [0, 0.05) is 26.2 Å².